The van der Waals surface area contributed by atoms with E-state index in [1.54, 1.807) is 0 Å². The lowest BCUT2D eigenvalue weighted by molar-refractivity contribution is -0.141. The largest absolute Gasteiger partial charge is 0.493 e. The summed E-state index contributed by atoms with van der Waals surface area (Å²) in [6.45, 7) is 0. The van der Waals surface area contributed by atoms with Crippen LogP contribution in [0.2, 0.25) is 0 Å². The summed E-state index contributed by atoms with van der Waals surface area (Å²) >= 11 is 0. The molecule has 23 heavy (non-hydrogen) atoms. The maximum Gasteiger partial charge on any atom is 0.340 e. The highest BCUT2D eigenvalue weighted by atomic mass is 16.5. The van der Waals surface area contributed by atoms with Gasteiger partial charge in [-0.25, -0.2) is 4.79 Å². The predicted octanol–water partition coefficient (Wildman–Crippen LogP) is 1.38. The van der Waals surface area contributed by atoms with Crippen molar-refractivity contribution < 1.29 is 33.3 Å². The summed E-state index contributed by atoms with van der Waals surface area (Å²) in [7, 11) is 5.32. The molecule has 0 heterocycles. The predicted molar refractivity (Wildman–Crippen MR) is 80.8 cm³/mol. The van der Waals surface area contributed by atoms with Crippen LogP contribution in [0.1, 0.15) is 23.2 Å². The van der Waals surface area contributed by atoms with Crippen molar-refractivity contribution in [1.82, 2.24) is 0 Å². The normalized spacial score (nSPS) is 9.74. The summed E-state index contributed by atoms with van der Waals surface area (Å²) in [5, 5.41) is 2.55. The molecular weight excluding hydrogens is 306 g/mol. The Kier molecular flexibility index (Phi) is 6.85. The summed E-state index contributed by atoms with van der Waals surface area (Å²) in [6.07, 6.45) is -0.148. The number of amides is 1. The van der Waals surface area contributed by atoms with Crippen LogP contribution < -0.4 is 14.8 Å². The van der Waals surface area contributed by atoms with Crippen LogP contribution in [-0.4, -0.2) is 46.3 Å². The number of carbonyl (C=O) groups is 3. The molecule has 1 N–H and O–H groups in total. The van der Waals surface area contributed by atoms with Crippen molar-refractivity contribution in [2.24, 2.45) is 0 Å². The zero-order chi connectivity index (χ0) is 17.4. The Bertz CT molecular complexity index is 598. The summed E-state index contributed by atoms with van der Waals surface area (Å²) in [5.74, 6) is -0.938. The number of nitrogens with one attached hydrogen (secondary N) is 1. The third-order valence-corrected chi connectivity index (χ3v) is 2.99. The molecule has 1 rings (SSSR count). The lowest BCUT2D eigenvalue weighted by Crippen LogP contribution is -2.17. The van der Waals surface area contributed by atoms with Crippen molar-refractivity contribution in [3.05, 3.63) is 17.7 Å². The molecule has 1 aromatic rings. The van der Waals surface area contributed by atoms with E-state index in [1.165, 1.54) is 40.6 Å². The van der Waals surface area contributed by atoms with Gasteiger partial charge in [-0.3, -0.25) is 9.59 Å². The Labute approximate surface area is 133 Å². The van der Waals surface area contributed by atoms with E-state index in [-0.39, 0.29) is 24.1 Å². The summed E-state index contributed by atoms with van der Waals surface area (Å²) in [5.41, 5.74) is 0.306. The van der Waals surface area contributed by atoms with Crippen LogP contribution >= 0.6 is 0 Å². The number of anilines is 1. The van der Waals surface area contributed by atoms with E-state index in [0.29, 0.717) is 11.5 Å². The number of benzene rings is 1. The Balaban J connectivity index is 3.05. The highest BCUT2D eigenvalue weighted by molar-refractivity contribution is 6.02. The minimum atomic E-state index is -0.644. The Morgan fingerprint density at radius 3 is 2.04 bits per heavy atom. The minimum absolute atomic E-state index is 0.0663. The number of methoxy groups -OCH3 is 4. The van der Waals surface area contributed by atoms with Crippen molar-refractivity contribution in [2.75, 3.05) is 33.8 Å². The molecule has 1 amide bonds. The number of ether oxygens (including phenoxy) is 4. The van der Waals surface area contributed by atoms with E-state index in [2.05, 4.69) is 14.8 Å². The van der Waals surface area contributed by atoms with Crippen LogP contribution in [0.5, 0.6) is 11.5 Å². The number of rotatable bonds is 7. The van der Waals surface area contributed by atoms with E-state index < -0.39 is 17.8 Å². The fourth-order valence-corrected chi connectivity index (χ4v) is 1.79. The van der Waals surface area contributed by atoms with Gasteiger partial charge < -0.3 is 24.3 Å². The fourth-order valence-electron chi connectivity index (χ4n) is 1.79. The Morgan fingerprint density at radius 2 is 1.52 bits per heavy atom. The first-order chi connectivity index (χ1) is 11.0. The summed E-state index contributed by atoms with van der Waals surface area (Å²) in [4.78, 5) is 34.8. The molecule has 0 aliphatic rings. The van der Waals surface area contributed by atoms with Gasteiger partial charge in [-0.15, -0.1) is 0 Å². The fraction of sp³-hybridized carbons (Fsp3) is 0.400. The van der Waals surface area contributed by atoms with Crippen LogP contribution in [0.25, 0.3) is 0 Å². The molecule has 8 nitrogen and oxygen atoms in total. The monoisotopic (exact) mass is 325 g/mol. The van der Waals surface area contributed by atoms with E-state index >= 15 is 0 Å². The molecule has 0 spiro atoms. The summed E-state index contributed by atoms with van der Waals surface area (Å²) in [6, 6.07) is 2.85. The summed E-state index contributed by atoms with van der Waals surface area (Å²) < 4.78 is 19.4. The highest BCUT2D eigenvalue weighted by Crippen LogP contribution is 2.33. The maximum atomic E-state index is 11.9. The van der Waals surface area contributed by atoms with Gasteiger partial charge in [-0.2, -0.15) is 0 Å². The molecule has 0 atom stereocenters. The number of carbonyl (C=O) groups excluding carboxylic acids is 3. The molecule has 8 heteroatoms. The smallest absolute Gasteiger partial charge is 0.340 e. The molecule has 0 saturated heterocycles. The van der Waals surface area contributed by atoms with Crippen LogP contribution in [-0.2, 0) is 19.1 Å². The van der Waals surface area contributed by atoms with Gasteiger partial charge in [0.05, 0.1) is 46.1 Å². The van der Waals surface area contributed by atoms with Gasteiger partial charge in [-0.1, -0.05) is 0 Å². The van der Waals surface area contributed by atoms with Gasteiger partial charge in [0.15, 0.2) is 11.5 Å². The van der Waals surface area contributed by atoms with E-state index in [4.69, 9.17) is 9.47 Å². The molecule has 0 aromatic heterocycles. The Morgan fingerprint density at radius 1 is 0.913 bits per heavy atom. The second-order valence-corrected chi connectivity index (χ2v) is 4.37. The average Bonchev–Trinajstić information content (AvgIpc) is 2.58. The molecule has 0 unspecified atom stereocenters. The van der Waals surface area contributed by atoms with Crippen LogP contribution in [0.15, 0.2) is 12.1 Å². The third-order valence-electron chi connectivity index (χ3n) is 2.99. The Hall–Kier alpha value is -2.77. The second-order valence-electron chi connectivity index (χ2n) is 4.37. The third kappa shape index (κ3) is 4.87. The standard InChI is InChI=1S/C15H19NO7/c1-20-11-7-9(15(19)23-4)10(8-12(11)21-2)16-13(17)5-6-14(18)22-3/h7-8H,5-6H2,1-4H3,(H,16,17). The zero-order valence-corrected chi connectivity index (χ0v) is 13.4. The van der Waals surface area contributed by atoms with Gasteiger partial charge in [0.1, 0.15) is 0 Å². The first kappa shape index (κ1) is 18.3. The quantitative estimate of drug-likeness (QED) is 0.756. The number of hydrogen-bond acceptors (Lipinski definition) is 7. The average molecular weight is 325 g/mol. The van der Waals surface area contributed by atoms with Gasteiger partial charge >= 0.3 is 11.9 Å². The van der Waals surface area contributed by atoms with Gasteiger partial charge in [0, 0.05) is 18.6 Å². The minimum Gasteiger partial charge on any atom is -0.493 e. The van der Waals surface area contributed by atoms with E-state index in [1.807, 2.05) is 0 Å². The van der Waals surface area contributed by atoms with E-state index in [9.17, 15) is 14.4 Å². The first-order valence-electron chi connectivity index (χ1n) is 6.67. The van der Waals surface area contributed by atoms with Crippen molar-refractivity contribution in [2.45, 2.75) is 12.8 Å². The number of esters is 2. The van der Waals surface area contributed by atoms with Crippen LogP contribution in [0, 0.1) is 0 Å². The molecule has 0 bridgehead atoms. The van der Waals surface area contributed by atoms with Crippen molar-refractivity contribution in [3.63, 3.8) is 0 Å². The SMILES string of the molecule is COC(=O)CCC(=O)Nc1cc(OC)c(OC)cc1C(=O)OC. The lowest BCUT2D eigenvalue weighted by Gasteiger charge is -2.14. The molecule has 0 radical (unpaired) electrons. The molecule has 0 fully saturated rings. The highest BCUT2D eigenvalue weighted by Gasteiger charge is 2.19. The number of hydrogen-bond donors (Lipinski definition) is 1. The molecule has 0 aliphatic heterocycles. The van der Waals surface area contributed by atoms with Gasteiger partial charge in [0.25, 0.3) is 0 Å². The molecule has 0 aliphatic carbocycles. The second kappa shape index (κ2) is 8.62. The van der Waals surface area contributed by atoms with Crippen molar-refractivity contribution in [3.8, 4) is 11.5 Å². The molecule has 1 aromatic carbocycles. The molecule has 0 saturated carbocycles. The molecule has 126 valence electrons. The van der Waals surface area contributed by atoms with Crippen LogP contribution in [0.4, 0.5) is 5.69 Å². The molecular formula is C15H19NO7. The lowest BCUT2D eigenvalue weighted by atomic mass is 10.1. The maximum absolute atomic E-state index is 11.9. The van der Waals surface area contributed by atoms with Gasteiger partial charge in [0.2, 0.25) is 5.91 Å². The van der Waals surface area contributed by atoms with Gasteiger partial charge in [-0.05, 0) is 0 Å². The van der Waals surface area contributed by atoms with Crippen molar-refractivity contribution in [1.29, 1.82) is 0 Å². The zero-order valence-electron chi connectivity index (χ0n) is 13.4. The topological polar surface area (TPSA) is 100 Å². The first-order valence-corrected chi connectivity index (χ1v) is 6.67. The van der Waals surface area contributed by atoms with Crippen molar-refractivity contribution >= 4 is 23.5 Å². The van der Waals surface area contributed by atoms with E-state index in [0.717, 1.165) is 0 Å². The van der Waals surface area contributed by atoms with Crippen LogP contribution in [0.3, 0.4) is 0 Å².